The van der Waals surface area contributed by atoms with Gasteiger partial charge in [0.2, 0.25) is 5.91 Å². The zero-order valence-corrected chi connectivity index (χ0v) is 14.3. The number of nitrogens with two attached hydrogens (primary N) is 1. The highest BCUT2D eigenvalue weighted by molar-refractivity contribution is 5.84. The fraction of sp³-hybridized carbons (Fsp3) is 0.941. The Balaban J connectivity index is 2.21. The first-order valence-corrected chi connectivity index (χ1v) is 8.79. The molecule has 0 aromatic carbocycles. The van der Waals surface area contributed by atoms with E-state index in [2.05, 4.69) is 24.1 Å². The first kappa shape index (κ1) is 18.4. The summed E-state index contributed by atoms with van der Waals surface area (Å²) in [5.74, 6) is 0.692. The van der Waals surface area contributed by atoms with E-state index >= 15 is 0 Å². The van der Waals surface area contributed by atoms with Gasteiger partial charge in [0.05, 0.1) is 5.54 Å². The number of nitrogens with one attached hydrogen (secondary N) is 1. The highest BCUT2D eigenvalue weighted by Gasteiger charge is 2.29. The minimum Gasteiger partial charge on any atom is -0.368 e. The van der Waals surface area contributed by atoms with Gasteiger partial charge >= 0.3 is 0 Å². The Hall–Kier alpha value is -0.610. The van der Waals surface area contributed by atoms with Crippen molar-refractivity contribution in [3.63, 3.8) is 0 Å². The van der Waals surface area contributed by atoms with E-state index in [-0.39, 0.29) is 5.91 Å². The maximum absolute atomic E-state index is 11.6. The average molecular weight is 297 g/mol. The predicted octanol–water partition coefficient (Wildman–Crippen LogP) is 2.52. The van der Waals surface area contributed by atoms with Gasteiger partial charge in [0.25, 0.3) is 0 Å². The normalized spacial score (nSPS) is 22.3. The molecular formula is C17H35N3O. The molecule has 1 heterocycles. The first-order chi connectivity index (χ1) is 10.0. The number of likely N-dealkylation sites (tertiary alicyclic amines) is 1. The SMILES string of the molecule is CCCNC(C)(CCCCN1CCC(CCC)C1)C(N)=O. The molecule has 2 unspecified atom stereocenters. The van der Waals surface area contributed by atoms with Crippen LogP contribution in [0.4, 0.5) is 0 Å². The molecule has 1 rings (SSSR count). The van der Waals surface area contributed by atoms with Crippen LogP contribution in [-0.2, 0) is 4.79 Å². The second-order valence-corrected chi connectivity index (χ2v) is 6.82. The van der Waals surface area contributed by atoms with Crippen molar-refractivity contribution in [2.45, 2.75) is 71.3 Å². The van der Waals surface area contributed by atoms with Crippen molar-refractivity contribution < 1.29 is 4.79 Å². The number of hydrogen-bond donors (Lipinski definition) is 2. The lowest BCUT2D eigenvalue weighted by atomic mass is 9.93. The Kier molecular flexibility index (Phi) is 8.27. The van der Waals surface area contributed by atoms with E-state index in [4.69, 9.17) is 5.73 Å². The van der Waals surface area contributed by atoms with E-state index in [1.54, 1.807) is 0 Å². The van der Waals surface area contributed by atoms with Crippen molar-refractivity contribution in [2.24, 2.45) is 11.7 Å². The van der Waals surface area contributed by atoms with E-state index in [0.717, 1.165) is 38.1 Å². The van der Waals surface area contributed by atoms with Crippen LogP contribution in [0.5, 0.6) is 0 Å². The summed E-state index contributed by atoms with van der Waals surface area (Å²) in [5, 5.41) is 3.31. The van der Waals surface area contributed by atoms with Crippen LogP contribution in [0.3, 0.4) is 0 Å². The van der Waals surface area contributed by atoms with E-state index < -0.39 is 5.54 Å². The third-order valence-electron chi connectivity index (χ3n) is 4.78. The predicted molar refractivity (Wildman–Crippen MR) is 89.2 cm³/mol. The number of carbonyl (C=O) groups is 1. The highest BCUT2D eigenvalue weighted by atomic mass is 16.1. The standard InChI is InChI=1S/C17H35N3O/c1-4-8-15-9-13-20(14-15)12-7-6-10-17(3,16(18)21)19-11-5-2/h15,19H,4-14H2,1-3H3,(H2,18,21). The van der Waals surface area contributed by atoms with E-state index in [0.29, 0.717) is 0 Å². The molecule has 0 bridgehead atoms. The molecule has 0 aromatic rings. The Labute approximate surface area is 130 Å². The molecule has 0 radical (unpaired) electrons. The number of amides is 1. The molecule has 1 saturated heterocycles. The summed E-state index contributed by atoms with van der Waals surface area (Å²) >= 11 is 0. The van der Waals surface area contributed by atoms with Gasteiger partial charge in [0, 0.05) is 6.54 Å². The molecule has 0 aromatic heterocycles. The summed E-state index contributed by atoms with van der Waals surface area (Å²) in [4.78, 5) is 14.2. The molecule has 21 heavy (non-hydrogen) atoms. The molecule has 124 valence electrons. The lowest BCUT2D eigenvalue weighted by Crippen LogP contribution is -2.53. The minimum atomic E-state index is -0.536. The van der Waals surface area contributed by atoms with Gasteiger partial charge in [0.15, 0.2) is 0 Å². The average Bonchev–Trinajstić information content (AvgIpc) is 2.89. The fourth-order valence-corrected chi connectivity index (χ4v) is 3.27. The maximum Gasteiger partial charge on any atom is 0.237 e. The molecule has 1 aliphatic rings. The number of carbonyl (C=O) groups excluding carboxylic acids is 1. The zero-order valence-electron chi connectivity index (χ0n) is 14.3. The van der Waals surface area contributed by atoms with Crippen LogP contribution in [0, 0.1) is 5.92 Å². The Morgan fingerprint density at radius 2 is 2.10 bits per heavy atom. The number of unbranched alkanes of at least 4 members (excludes halogenated alkanes) is 1. The van der Waals surface area contributed by atoms with Crippen molar-refractivity contribution in [3.8, 4) is 0 Å². The first-order valence-electron chi connectivity index (χ1n) is 8.79. The van der Waals surface area contributed by atoms with E-state index in [1.807, 2.05) is 6.92 Å². The number of primary amides is 1. The van der Waals surface area contributed by atoms with Gasteiger partial charge in [-0.15, -0.1) is 0 Å². The summed E-state index contributed by atoms with van der Waals surface area (Å²) in [6.45, 7) is 10.9. The third-order valence-corrected chi connectivity index (χ3v) is 4.78. The Morgan fingerprint density at radius 3 is 2.71 bits per heavy atom. The maximum atomic E-state index is 11.6. The summed E-state index contributed by atoms with van der Waals surface area (Å²) in [6, 6.07) is 0. The zero-order chi connectivity index (χ0) is 15.7. The molecule has 3 N–H and O–H groups in total. The van der Waals surface area contributed by atoms with Crippen molar-refractivity contribution in [2.75, 3.05) is 26.2 Å². The topological polar surface area (TPSA) is 58.4 Å². The van der Waals surface area contributed by atoms with Crippen LogP contribution in [0.15, 0.2) is 0 Å². The van der Waals surface area contributed by atoms with Crippen LogP contribution in [-0.4, -0.2) is 42.5 Å². The molecule has 1 amide bonds. The molecule has 4 nitrogen and oxygen atoms in total. The Morgan fingerprint density at radius 1 is 1.33 bits per heavy atom. The van der Waals surface area contributed by atoms with Crippen LogP contribution >= 0.6 is 0 Å². The monoisotopic (exact) mass is 297 g/mol. The summed E-state index contributed by atoms with van der Waals surface area (Å²) in [7, 11) is 0. The van der Waals surface area contributed by atoms with Gasteiger partial charge in [-0.05, 0) is 71.0 Å². The third kappa shape index (κ3) is 6.35. The van der Waals surface area contributed by atoms with Crippen LogP contribution in [0.25, 0.3) is 0 Å². The van der Waals surface area contributed by atoms with Gasteiger partial charge in [0.1, 0.15) is 0 Å². The lowest BCUT2D eigenvalue weighted by Gasteiger charge is -2.28. The van der Waals surface area contributed by atoms with E-state index in [1.165, 1.54) is 38.9 Å². The molecule has 1 aliphatic heterocycles. The second-order valence-electron chi connectivity index (χ2n) is 6.82. The largest absolute Gasteiger partial charge is 0.368 e. The molecule has 1 fully saturated rings. The van der Waals surface area contributed by atoms with Crippen molar-refractivity contribution in [1.82, 2.24) is 10.2 Å². The quantitative estimate of drug-likeness (QED) is 0.576. The Bertz CT molecular complexity index is 308. The molecule has 2 atom stereocenters. The van der Waals surface area contributed by atoms with Crippen molar-refractivity contribution >= 4 is 5.91 Å². The van der Waals surface area contributed by atoms with Gasteiger partial charge in [-0.25, -0.2) is 0 Å². The molecule has 0 aliphatic carbocycles. The smallest absolute Gasteiger partial charge is 0.237 e. The number of rotatable bonds is 11. The fourth-order valence-electron chi connectivity index (χ4n) is 3.27. The van der Waals surface area contributed by atoms with Crippen molar-refractivity contribution in [1.29, 1.82) is 0 Å². The van der Waals surface area contributed by atoms with Crippen LogP contribution < -0.4 is 11.1 Å². The summed E-state index contributed by atoms with van der Waals surface area (Å²) in [5.41, 5.74) is 5.02. The molecule has 4 heteroatoms. The highest BCUT2D eigenvalue weighted by Crippen LogP contribution is 2.21. The summed E-state index contributed by atoms with van der Waals surface area (Å²) in [6.07, 6.45) is 8.13. The van der Waals surface area contributed by atoms with E-state index in [9.17, 15) is 4.79 Å². The van der Waals surface area contributed by atoms with Crippen molar-refractivity contribution in [3.05, 3.63) is 0 Å². The lowest BCUT2D eigenvalue weighted by molar-refractivity contribution is -0.124. The van der Waals surface area contributed by atoms with Gasteiger partial charge in [-0.2, -0.15) is 0 Å². The van der Waals surface area contributed by atoms with Crippen LogP contribution in [0.2, 0.25) is 0 Å². The van der Waals surface area contributed by atoms with Gasteiger partial charge in [-0.1, -0.05) is 20.3 Å². The summed E-state index contributed by atoms with van der Waals surface area (Å²) < 4.78 is 0. The molecular weight excluding hydrogens is 262 g/mol. The second kappa shape index (κ2) is 9.42. The molecule has 0 spiro atoms. The van der Waals surface area contributed by atoms with Gasteiger partial charge < -0.3 is 16.0 Å². The number of nitrogens with zero attached hydrogens (tertiary/aromatic N) is 1. The van der Waals surface area contributed by atoms with Gasteiger partial charge in [-0.3, -0.25) is 4.79 Å². The molecule has 0 saturated carbocycles. The minimum absolute atomic E-state index is 0.222. The number of hydrogen-bond acceptors (Lipinski definition) is 3. The van der Waals surface area contributed by atoms with Crippen LogP contribution in [0.1, 0.15) is 65.7 Å².